The maximum atomic E-state index is 11.2. The molecule has 0 fully saturated rings. The van der Waals surface area contributed by atoms with Gasteiger partial charge in [0.1, 0.15) is 0 Å². The molecule has 0 radical (unpaired) electrons. The fourth-order valence-electron chi connectivity index (χ4n) is 2.06. The summed E-state index contributed by atoms with van der Waals surface area (Å²) in [7, 11) is 1.29. The highest BCUT2D eigenvalue weighted by Gasteiger charge is 2.11. The first-order valence-electron chi connectivity index (χ1n) is 5.55. The smallest absolute Gasteiger partial charge is 0.437 e. The Kier molecular flexibility index (Phi) is 2.41. The van der Waals surface area contributed by atoms with Gasteiger partial charge in [-0.15, -0.1) is 0 Å². The van der Waals surface area contributed by atoms with Crippen LogP contribution in [-0.4, -0.2) is 18.2 Å². The first-order chi connectivity index (χ1) is 8.79. The van der Waals surface area contributed by atoms with Crippen molar-refractivity contribution in [3.05, 3.63) is 42.5 Å². The first kappa shape index (κ1) is 10.7. The van der Waals surface area contributed by atoms with Crippen LogP contribution >= 0.6 is 0 Å². The van der Waals surface area contributed by atoms with Crippen LogP contribution in [0.2, 0.25) is 0 Å². The van der Waals surface area contributed by atoms with E-state index >= 15 is 0 Å². The van der Waals surface area contributed by atoms with Crippen LogP contribution in [0.5, 0.6) is 5.75 Å². The molecule has 0 unspecified atom stereocenters. The summed E-state index contributed by atoms with van der Waals surface area (Å²) >= 11 is 0. The van der Waals surface area contributed by atoms with Gasteiger partial charge in [-0.1, -0.05) is 30.3 Å². The number of rotatable bonds is 1. The van der Waals surface area contributed by atoms with Gasteiger partial charge in [0.25, 0.3) is 0 Å². The highest BCUT2D eigenvalue weighted by atomic mass is 16.7. The first-order valence-corrected chi connectivity index (χ1v) is 5.55. The van der Waals surface area contributed by atoms with Crippen LogP contribution in [0.15, 0.2) is 42.5 Å². The van der Waals surface area contributed by atoms with Crippen molar-refractivity contribution in [1.82, 2.24) is 4.98 Å². The summed E-state index contributed by atoms with van der Waals surface area (Å²) < 4.78 is 9.62. The summed E-state index contributed by atoms with van der Waals surface area (Å²) in [4.78, 5) is 14.4. The molecule has 0 bridgehead atoms. The number of para-hydroxylation sites is 2. The fourth-order valence-corrected chi connectivity index (χ4v) is 2.06. The number of ether oxygens (including phenoxy) is 2. The van der Waals surface area contributed by atoms with Crippen LogP contribution in [0.1, 0.15) is 0 Å². The summed E-state index contributed by atoms with van der Waals surface area (Å²) in [5, 5.41) is 2.12. The van der Waals surface area contributed by atoms with Crippen LogP contribution in [0, 0.1) is 0 Å². The lowest BCUT2D eigenvalue weighted by Gasteiger charge is -2.03. The maximum Gasteiger partial charge on any atom is 0.513 e. The lowest BCUT2D eigenvalue weighted by atomic mass is 10.1. The fraction of sp³-hybridized carbons (Fsp3) is 0.0714. The van der Waals surface area contributed by atoms with Crippen molar-refractivity contribution in [3.8, 4) is 5.75 Å². The summed E-state index contributed by atoms with van der Waals surface area (Å²) in [5.41, 5.74) is 1.80. The number of aromatic amines is 1. The molecule has 0 aliphatic carbocycles. The van der Waals surface area contributed by atoms with Gasteiger partial charge in [0.05, 0.1) is 12.6 Å². The summed E-state index contributed by atoms with van der Waals surface area (Å²) in [6.07, 6.45) is -0.721. The number of carbonyl (C=O) groups excluding carboxylic acids is 1. The zero-order valence-corrected chi connectivity index (χ0v) is 9.77. The van der Waals surface area contributed by atoms with E-state index in [2.05, 4.69) is 9.72 Å². The Hall–Kier alpha value is -2.49. The molecular weight excluding hydrogens is 230 g/mol. The van der Waals surface area contributed by atoms with Crippen molar-refractivity contribution in [2.24, 2.45) is 0 Å². The van der Waals surface area contributed by atoms with Gasteiger partial charge < -0.3 is 14.5 Å². The summed E-state index contributed by atoms with van der Waals surface area (Å²) in [5.74, 6) is 0.468. The lowest BCUT2D eigenvalue weighted by Crippen LogP contribution is -2.07. The van der Waals surface area contributed by atoms with E-state index in [-0.39, 0.29) is 0 Å². The van der Waals surface area contributed by atoms with Crippen LogP contribution < -0.4 is 4.74 Å². The van der Waals surface area contributed by atoms with Gasteiger partial charge in [-0.2, -0.15) is 0 Å². The van der Waals surface area contributed by atoms with Crippen molar-refractivity contribution >= 4 is 28.0 Å². The molecule has 1 aromatic heterocycles. The summed E-state index contributed by atoms with van der Waals surface area (Å²) in [6.45, 7) is 0. The molecule has 4 nitrogen and oxygen atoms in total. The Bertz CT molecular complexity index is 730. The third-order valence-electron chi connectivity index (χ3n) is 2.86. The Balaban J connectivity index is 2.24. The van der Waals surface area contributed by atoms with Gasteiger partial charge in [0.15, 0.2) is 5.75 Å². The molecule has 1 N–H and O–H groups in total. The highest BCUT2D eigenvalue weighted by molar-refractivity contribution is 6.09. The van der Waals surface area contributed by atoms with Crippen LogP contribution in [0.4, 0.5) is 4.79 Å². The monoisotopic (exact) mass is 241 g/mol. The Morgan fingerprint density at radius 3 is 2.67 bits per heavy atom. The molecule has 0 spiro atoms. The van der Waals surface area contributed by atoms with Gasteiger partial charge in [-0.3, -0.25) is 0 Å². The van der Waals surface area contributed by atoms with Gasteiger partial charge in [-0.05, 0) is 12.1 Å². The van der Waals surface area contributed by atoms with Crippen molar-refractivity contribution < 1.29 is 14.3 Å². The molecule has 2 aromatic carbocycles. The Morgan fingerprint density at radius 1 is 1.06 bits per heavy atom. The van der Waals surface area contributed by atoms with E-state index in [1.165, 1.54) is 7.11 Å². The average molecular weight is 241 g/mol. The highest BCUT2D eigenvalue weighted by Crippen LogP contribution is 2.31. The minimum atomic E-state index is -0.721. The van der Waals surface area contributed by atoms with E-state index in [0.717, 1.165) is 21.8 Å². The molecule has 0 saturated carbocycles. The number of nitrogens with one attached hydrogen (secondary N) is 1. The molecule has 18 heavy (non-hydrogen) atoms. The standard InChI is InChI=1S/C14H11NO3/c1-17-14(16)18-12-8-4-6-10-9-5-2-3-7-11(9)15-13(10)12/h2-8,15H,1H3. The second-order valence-corrected chi connectivity index (χ2v) is 3.91. The Labute approximate surface area is 103 Å². The van der Waals surface area contributed by atoms with E-state index < -0.39 is 6.16 Å². The minimum absolute atomic E-state index is 0.468. The largest absolute Gasteiger partial charge is 0.513 e. The second-order valence-electron chi connectivity index (χ2n) is 3.91. The molecule has 1 heterocycles. The number of hydrogen-bond donors (Lipinski definition) is 1. The molecule has 3 rings (SSSR count). The van der Waals surface area contributed by atoms with E-state index in [1.54, 1.807) is 6.07 Å². The Morgan fingerprint density at radius 2 is 1.83 bits per heavy atom. The number of fused-ring (bicyclic) bond motifs is 3. The van der Waals surface area contributed by atoms with E-state index in [9.17, 15) is 4.79 Å². The molecule has 0 atom stereocenters. The molecule has 0 amide bonds. The zero-order chi connectivity index (χ0) is 12.5. The maximum absolute atomic E-state index is 11.2. The molecule has 0 saturated heterocycles. The molecule has 4 heteroatoms. The molecule has 90 valence electrons. The SMILES string of the molecule is COC(=O)Oc1cccc2c1[nH]c1ccccc12. The number of aromatic nitrogens is 1. The van der Waals surface area contributed by atoms with Crippen LogP contribution in [-0.2, 0) is 4.74 Å². The van der Waals surface area contributed by atoms with Gasteiger partial charge >= 0.3 is 6.16 Å². The van der Waals surface area contributed by atoms with E-state index in [1.807, 2.05) is 36.4 Å². The minimum Gasteiger partial charge on any atom is -0.437 e. The number of carbonyl (C=O) groups is 1. The van der Waals surface area contributed by atoms with Crippen LogP contribution in [0.3, 0.4) is 0 Å². The van der Waals surface area contributed by atoms with Gasteiger partial charge in [0, 0.05) is 16.3 Å². The third kappa shape index (κ3) is 1.59. The van der Waals surface area contributed by atoms with Gasteiger partial charge in [0.2, 0.25) is 0 Å². The topological polar surface area (TPSA) is 51.3 Å². The van der Waals surface area contributed by atoms with Crippen molar-refractivity contribution in [3.63, 3.8) is 0 Å². The number of benzene rings is 2. The summed E-state index contributed by atoms with van der Waals surface area (Å²) in [6, 6.07) is 13.5. The molecular formula is C14H11NO3. The second kappa shape index (κ2) is 4.07. The predicted octanol–water partition coefficient (Wildman–Crippen LogP) is 3.47. The third-order valence-corrected chi connectivity index (χ3v) is 2.86. The van der Waals surface area contributed by atoms with E-state index in [0.29, 0.717) is 5.75 Å². The molecule has 0 aliphatic rings. The molecule has 0 aliphatic heterocycles. The predicted molar refractivity (Wildman–Crippen MR) is 68.8 cm³/mol. The molecule has 3 aromatic rings. The number of methoxy groups -OCH3 is 1. The van der Waals surface area contributed by atoms with E-state index in [4.69, 9.17) is 4.74 Å². The van der Waals surface area contributed by atoms with Crippen molar-refractivity contribution in [2.45, 2.75) is 0 Å². The lowest BCUT2D eigenvalue weighted by molar-refractivity contribution is 0.122. The zero-order valence-electron chi connectivity index (χ0n) is 9.77. The number of H-pyrrole nitrogens is 1. The van der Waals surface area contributed by atoms with Crippen LogP contribution in [0.25, 0.3) is 21.8 Å². The van der Waals surface area contributed by atoms with Gasteiger partial charge in [-0.25, -0.2) is 4.79 Å². The normalized spacial score (nSPS) is 10.7. The number of hydrogen-bond acceptors (Lipinski definition) is 3. The quantitative estimate of drug-likeness (QED) is 0.524. The van der Waals surface area contributed by atoms with Crippen molar-refractivity contribution in [2.75, 3.05) is 7.11 Å². The average Bonchev–Trinajstić information content (AvgIpc) is 2.78. The van der Waals surface area contributed by atoms with Crippen molar-refractivity contribution in [1.29, 1.82) is 0 Å².